The molecule has 22 heavy (non-hydrogen) atoms. The molecule has 3 atom stereocenters. The number of hydrogen-bond acceptors (Lipinski definition) is 3. The zero-order valence-corrected chi connectivity index (χ0v) is 13.3. The average molecular weight is 310 g/mol. The number of thioether (sulfide) groups is 1. The summed E-state index contributed by atoms with van der Waals surface area (Å²) < 4.78 is 0. The minimum absolute atomic E-state index is 0.0164. The van der Waals surface area contributed by atoms with E-state index in [1.807, 2.05) is 48.5 Å². The van der Waals surface area contributed by atoms with Gasteiger partial charge in [-0.3, -0.25) is 9.59 Å². The number of carbonyl (C=O) groups excluding carboxylic acids is 2. The number of ketones is 1. The molecular formula is C19H18O2S. The van der Waals surface area contributed by atoms with Crippen molar-refractivity contribution in [1.29, 1.82) is 0 Å². The van der Waals surface area contributed by atoms with Crippen LogP contribution in [0.15, 0.2) is 60.7 Å². The van der Waals surface area contributed by atoms with Gasteiger partial charge in [-0.05, 0) is 23.3 Å². The van der Waals surface area contributed by atoms with Crippen molar-refractivity contribution in [2.75, 3.05) is 6.26 Å². The van der Waals surface area contributed by atoms with Crippen molar-refractivity contribution in [2.24, 2.45) is 5.92 Å². The maximum absolute atomic E-state index is 12.5. The molecule has 2 aromatic rings. The first-order chi connectivity index (χ1) is 10.7. The third-order valence-corrected chi connectivity index (χ3v) is 5.08. The van der Waals surface area contributed by atoms with Crippen LogP contribution in [0.4, 0.5) is 0 Å². The quantitative estimate of drug-likeness (QED) is 0.803. The zero-order chi connectivity index (χ0) is 15.5. The van der Waals surface area contributed by atoms with Gasteiger partial charge in [-0.1, -0.05) is 72.4 Å². The molecular weight excluding hydrogens is 292 g/mol. The second-order valence-corrected chi connectivity index (χ2v) is 6.44. The summed E-state index contributed by atoms with van der Waals surface area (Å²) in [5.41, 5.74) is 2.22. The Morgan fingerprint density at radius 2 is 1.50 bits per heavy atom. The fraction of sp³-hybridized carbons (Fsp3) is 0.263. The maximum Gasteiger partial charge on any atom is 0.199 e. The largest absolute Gasteiger partial charge is 0.299 e. The topological polar surface area (TPSA) is 34.1 Å². The Hall–Kier alpha value is -1.87. The smallest absolute Gasteiger partial charge is 0.199 e. The Kier molecular flexibility index (Phi) is 4.44. The summed E-state index contributed by atoms with van der Waals surface area (Å²) in [6.45, 7) is 0. The molecule has 1 fully saturated rings. The summed E-state index contributed by atoms with van der Waals surface area (Å²) in [6.07, 6.45) is 2.20. The summed E-state index contributed by atoms with van der Waals surface area (Å²) in [6, 6.07) is 20.0. The van der Waals surface area contributed by atoms with E-state index in [1.165, 1.54) is 0 Å². The lowest BCUT2D eigenvalue weighted by molar-refractivity contribution is -0.126. The first kappa shape index (κ1) is 15.0. The lowest BCUT2D eigenvalue weighted by Crippen LogP contribution is -2.22. The van der Waals surface area contributed by atoms with E-state index in [9.17, 15) is 9.59 Å². The lowest BCUT2D eigenvalue weighted by atomic mass is 9.80. The van der Waals surface area contributed by atoms with Crippen LogP contribution in [0.25, 0.3) is 0 Å². The molecule has 1 aliphatic carbocycles. The Labute approximate surface area is 134 Å². The van der Waals surface area contributed by atoms with Gasteiger partial charge in [-0.15, -0.1) is 0 Å². The summed E-state index contributed by atoms with van der Waals surface area (Å²) in [4.78, 5) is 24.8. The molecule has 0 aliphatic heterocycles. The van der Waals surface area contributed by atoms with Crippen molar-refractivity contribution in [3.63, 3.8) is 0 Å². The van der Waals surface area contributed by atoms with E-state index in [1.54, 1.807) is 6.26 Å². The highest BCUT2D eigenvalue weighted by Crippen LogP contribution is 2.48. The first-order valence-electron chi connectivity index (χ1n) is 7.43. The molecule has 0 heterocycles. The van der Waals surface area contributed by atoms with Crippen LogP contribution >= 0.6 is 11.8 Å². The molecule has 0 radical (unpaired) electrons. The van der Waals surface area contributed by atoms with Gasteiger partial charge in [-0.2, -0.15) is 0 Å². The minimum Gasteiger partial charge on any atom is -0.299 e. The minimum atomic E-state index is -0.525. The Balaban J connectivity index is 2.06. The molecule has 0 spiro atoms. The highest BCUT2D eigenvalue weighted by molar-refractivity contribution is 8.13. The third kappa shape index (κ3) is 2.73. The van der Waals surface area contributed by atoms with Crippen molar-refractivity contribution in [1.82, 2.24) is 0 Å². The number of benzene rings is 2. The highest BCUT2D eigenvalue weighted by Gasteiger charge is 2.47. The van der Waals surface area contributed by atoms with Gasteiger partial charge in [0.1, 0.15) is 5.78 Å². The molecule has 0 aromatic heterocycles. The van der Waals surface area contributed by atoms with Crippen LogP contribution in [0.1, 0.15) is 29.4 Å². The van der Waals surface area contributed by atoms with Crippen molar-refractivity contribution in [2.45, 2.75) is 18.3 Å². The van der Waals surface area contributed by atoms with E-state index in [0.29, 0.717) is 6.42 Å². The predicted octanol–water partition coefficient (Wildman–Crippen LogP) is 4.03. The molecule has 2 nitrogen and oxygen atoms in total. The molecule has 2 aromatic carbocycles. The first-order valence-corrected chi connectivity index (χ1v) is 8.65. The number of rotatable bonds is 3. The van der Waals surface area contributed by atoms with Crippen molar-refractivity contribution >= 4 is 22.7 Å². The van der Waals surface area contributed by atoms with Gasteiger partial charge in [0.05, 0.1) is 5.92 Å². The molecule has 0 unspecified atom stereocenters. The third-order valence-electron chi connectivity index (χ3n) is 4.43. The molecule has 3 rings (SSSR count). The Bertz CT molecular complexity index is 666. The molecule has 0 amide bonds. The number of carbonyl (C=O) groups is 2. The Morgan fingerprint density at radius 1 is 0.955 bits per heavy atom. The second kappa shape index (κ2) is 6.49. The molecule has 0 saturated heterocycles. The van der Waals surface area contributed by atoms with Crippen LogP contribution in [0, 0.1) is 5.92 Å². The van der Waals surface area contributed by atoms with E-state index in [2.05, 4.69) is 12.1 Å². The molecule has 3 heteroatoms. The van der Waals surface area contributed by atoms with Gasteiger partial charge in [0.2, 0.25) is 0 Å². The van der Waals surface area contributed by atoms with E-state index in [-0.39, 0.29) is 22.7 Å². The standard InChI is InChI=1S/C19H18O2S/c1-22-19(21)18-16(20)12-15(13-8-4-2-5-9-13)17(18)14-10-6-3-7-11-14/h2-11,15,17-18H,12H2,1H3/t15-,17-,18-/m1/s1. The normalized spacial score (nSPS) is 24.4. The van der Waals surface area contributed by atoms with Gasteiger partial charge in [0.25, 0.3) is 0 Å². The lowest BCUT2D eigenvalue weighted by Gasteiger charge is -2.23. The van der Waals surface area contributed by atoms with E-state index >= 15 is 0 Å². The molecule has 1 aliphatic rings. The highest BCUT2D eigenvalue weighted by atomic mass is 32.2. The predicted molar refractivity (Wildman–Crippen MR) is 90.0 cm³/mol. The van der Waals surface area contributed by atoms with Crippen molar-refractivity contribution in [3.8, 4) is 0 Å². The van der Waals surface area contributed by atoms with E-state index in [4.69, 9.17) is 0 Å². The number of Topliss-reactive ketones (excluding diaryl/α,β-unsaturated/α-hetero) is 1. The van der Waals surface area contributed by atoms with Gasteiger partial charge in [0.15, 0.2) is 5.12 Å². The fourth-order valence-corrected chi connectivity index (χ4v) is 3.97. The summed E-state index contributed by atoms with van der Waals surface area (Å²) >= 11 is 1.16. The van der Waals surface area contributed by atoms with Gasteiger partial charge < -0.3 is 0 Å². The van der Waals surface area contributed by atoms with Crippen LogP contribution < -0.4 is 0 Å². The number of hydrogen-bond donors (Lipinski definition) is 0. The van der Waals surface area contributed by atoms with Gasteiger partial charge in [0, 0.05) is 12.3 Å². The van der Waals surface area contributed by atoms with Crippen molar-refractivity contribution < 1.29 is 9.59 Å². The zero-order valence-electron chi connectivity index (χ0n) is 12.4. The maximum atomic E-state index is 12.5. The van der Waals surface area contributed by atoms with E-state index in [0.717, 1.165) is 22.9 Å². The van der Waals surface area contributed by atoms with Crippen LogP contribution in [0.2, 0.25) is 0 Å². The molecule has 1 saturated carbocycles. The van der Waals surface area contributed by atoms with Crippen LogP contribution in [0.5, 0.6) is 0 Å². The second-order valence-electron chi connectivity index (χ2n) is 5.62. The Morgan fingerprint density at radius 3 is 2.05 bits per heavy atom. The van der Waals surface area contributed by atoms with Gasteiger partial charge in [-0.25, -0.2) is 0 Å². The molecule has 0 bridgehead atoms. The van der Waals surface area contributed by atoms with Gasteiger partial charge >= 0.3 is 0 Å². The summed E-state index contributed by atoms with van der Waals surface area (Å²) in [5.74, 6) is -0.432. The molecule has 0 N–H and O–H groups in total. The van der Waals surface area contributed by atoms with Crippen LogP contribution in [-0.4, -0.2) is 17.2 Å². The average Bonchev–Trinajstić information content (AvgIpc) is 2.93. The van der Waals surface area contributed by atoms with Crippen molar-refractivity contribution in [3.05, 3.63) is 71.8 Å². The fourth-order valence-electron chi connectivity index (χ4n) is 3.43. The van der Waals surface area contributed by atoms with Crippen LogP contribution in [-0.2, 0) is 9.59 Å². The summed E-state index contributed by atoms with van der Waals surface area (Å²) in [7, 11) is 0. The SMILES string of the molecule is CSC(=O)[C@@H]1C(=O)C[C@H](c2ccccc2)[C@H]1c1ccccc1. The molecule has 112 valence electrons. The monoisotopic (exact) mass is 310 g/mol. The summed E-state index contributed by atoms with van der Waals surface area (Å²) in [5, 5.41) is -0.0164. The van der Waals surface area contributed by atoms with E-state index < -0.39 is 5.92 Å². The van der Waals surface area contributed by atoms with Crippen LogP contribution in [0.3, 0.4) is 0 Å².